The summed E-state index contributed by atoms with van der Waals surface area (Å²) in [7, 11) is 0. The van der Waals surface area contributed by atoms with E-state index in [4.69, 9.17) is 28.4 Å². The Morgan fingerprint density at radius 1 is 0.857 bits per heavy atom. The van der Waals surface area contributed by atoms with E-state index in [1.54, 1.807) is 0 Å². The molecule has 2 aliphatic heterocycles. The molecule has 8 nitrogen and oxygen atoms in total. The molecule has 2 atom stereocenters. The average Bonchev–Trinajstić information content (AvgIpc) is 3.18. The van der Waals surface area contributed by atoms with Crippen molar-refractivity contribution >= 4 is 0 Å². The van der Waals surface area contributed by atoms with Crippen molar-refractivity contribution < 1.29 is 28.4 Å². The van der Waals surface area contributed by atoms with Gasteiger partial charge in [0.05, 0.1) is 24.3 Å². The van der Waals surface area contributed by atoms with E-state index in [0.29, 0.717) is 24.7 Å². The minimum Gasteiger partial charge on any atom is -0.487 e. The molecule has 2 saturated heterocycles. The molecule has 1 aromatic carbocycles. The van der Waals surface area contributed by atoms with E-state index in [1.807, 2.05) is 39.8 Å². The smallest absolute Gasteiger partial charge is 0.163 e. The Morgan fingerprint density at radius 2 is 1.25 bits per heavy atom. The van der Waals surface area contributed by atoms with Crippen molar-refractivity contribution in [1.29, 1.82) is 10.5 Å². The summed E-state index contributed by atoms with van der Waals surface area (Å²) in [5, 5.41) is 18.6. The van der Waals surface area contributed by atoms with Crippen LogP contribution in [-0.4, -0.2) is 50.2 Å². The topological polar surface area (TPSA) is 103 Å². The zero-order chi connectivity index (χ0) is 20.4. The molecule has 0 aliphatic carbocycles. The van der Waals surface area contributed by atoms with Gasteiger partial charge in [0.1, 0.15) is 37.6 Å². The van der Waals surface area contributed by atoms with Crippen LogP contribution in [-0.2, 0) is 18.9 Å². The highest BCUT2D eigenvalue weighted by Gasteiger charge is 2.34. The summed E-state index contributed by atoms with van der Waals surface area (Å²) < 4.78 is 34.2. The minimum absolute atomic E-state index is 0.218. The molecule has 8 heteroatoms. The molecule has 2 fully saturated rings. The minimum atomic E-state index is -0.650. The van der Waals surface area contributed by atoms with Crippen molar-refractivity contribution in [3.05, 3.63) is 23.3 Å². The number of rotatable bonds is 6. The summed E-state index contributed by atoms with van der Waals surface area (Å²) in [5.74, 6) is -0.575. The second-order valence-electron chi connectivity index (χ2n) is 7.59. The first kappa shape index (κ1) is 20.4. The quantitative estimate of drug-likeness (QED) is 0.732. The molecule has 3 rings (SSSR count). The largest absolute Gasteiger partial charge is 0.487 e. The van der Waals surface area contributed by atoms with E-state index in [1.165, 1.54) is 12.1 Å². The molecule has 2 aliphatic rings. The monoisotopic (exact) mass is 388 g/mol. The Hall–Kier alpha value is -2.36. The molecule has 150 valence electrons. The maximum Gasteiger partial charge on any atom is 0.163 e. The molecule has 0 aromatic heterocycles. The average molecular weight is 388 g/mol. The summed E-state index contributed by atoms with van der Waals surface area (Å²) >= 11 is 0. The maximum atomic E-state index is 9.29. The number of hydrogen-bond acceptors (Lipinski definition) is 8. The molecule has 0 radical (unpaired) electrons. The molecule has 0 N–H and O–H groups in total. The SMILES string of the molecule is CC1(C)OCC(COc2cc(C#N)c(C#N)cc2OCC2COC(C)(C)O2)O1. The van der Waals surface area contributed by atoms with Gasteiger partial charge in [-0.05, 0) is 27.7 Å². The summed E-state index contributed by atoms with van der Waals surface area (Å²) in [6.45, 7) is 8.62. The van der Waals surface area contributed by atoms with E-state index < -0.39 is 11.6 Å². The van der Waals surface area contributed by atoms with E-state index in [-0.39, 0.29) is 36.5 Å². The number of benzene rings is 1. The van der Waals surface area contributed by atoms with E-state index in [2.05, 4.69) is 0 Å². The third-order valence-corrected chi connectivity index (χ3v) is 4.31. The first-order valence-corrected chi connectivity index (χ1v) is 9.09. The van der Waals surface area contributed by atoms with Gasteiger partial charge in [0.25, 0.3) is 0 Å². The Balaban J connectivity index is 1.72. The lowest BCUT2D eigenvalue weighted by molar-refractivity contribution is -0.142. The van der Waals surface area contributed by atoms with Crippen LogP contribution in [0.4, 0.5) is 0 Å². The van der Waals surface area contributed by atoms with Crippen molar-refractivity contribution in [2.75, 3.05) is 26.4 Å². The van der Waals surface area contributed by atoms with Gasteiger partial charge >= 0.3 is 0 Å². The molecule has 0 bridgehead atoms. The highest BCUT2D eigenvalue weighted by Crippen LogP contribution is 2.33. The number of hydrogen-bond donors (Lipinski definition) is 0. The number of nitrogens with zero attached hydrogens (tertiary/aromatic N) is 2. The van der Waals surface area contributed by atoms with E-state index >= 15 is 0 Å². The van der Waals surface area contributed by atoms with Gasteiger partial charge in [-0.1, -0.05) is 0 Å². The van der Waals surface area contributed by atoms with Crippen LogP contribution >= 0.6 is 0 Å². The highest BCUT2D eigenvalue weighted by atomic mass is 16.8. The Labute approximate surface area is 164 Å². The molecular formula is C20H24N2O6. The number of nitriles is 2. The van der Waals surface area contributed by atoms with E-state index in [0.717, 1.165) is 0 Å². The summed E-state index contributed by atoms with van der Waals surface area (Å²) in [5.41, 5.74) is 0.436. The van der Waals surface area contributed by atoms with E-state index in [9.17, 15) is 10.5 Å². The molecule has 2 unspecified atom stereocenters. The first-order chi connectivity index (χ1) is 13.2. The number of ether oxygens (including phenoxy) is 6. The second-order valence-corrected chi connectivity index (χ2v) is 7.59. The highest BCUT2D eigenvalue weighted by molar-refractivity contribution is 5.56. The van der Waals surface area contributed by atoms with Crippen LogP contribution in [0.1, 0.15) is 38.8 Å². The molecule has 0 saturated carbocycles. The van der Waals surface area contributed by atoms with Crippen LogP contribution in [0, 0.1) is 22.7 Å². The van der Waals surface area contributed by atoms with Crippen molar-refractivity contribution in [3.8, 4) is 23.6 Å². The van der Waals surface area contributed by atoms with Crippen LogP contribution in [0.15, 0.2) is 12.1 Å². The van der Waals surface area contributed by atoms with Gasteiger partial charge in [0, 0.05) is 12.1 Å². The molecule has 0 spiro atoms. The van der Waals surface area contributed by atoms with Gasteiger partial charge in [-0.15, -0.1) is 0 Å². The summed E-state index contributed by atoms with van der Waals surface area (Å²) in [6.07, 6.45) is -0.479. The predicted octanol–water partition coefficient (Wildman–Crippen LogP) is 2.49. The van der Waals surface area contributed by atoms with Gasteiger partial charge in [0.15, 0.2) is 23.1 Å². The third-order valence-electron chi connectivity index (χ3n) is 4.31. The fourth-order valence-electron chi connectivity index (χ4n) is 3.03. The standard InChI is InChI=1S/C20H24N2O6/c1-19(2)25-11-15(27-19)9-23-17-5-13(7-21)14(8-22)6-18(17)24-10-16-12-26-20(3,4)28-16/h5-6,15-16H,9-12H2,1-4H3. The molecular weight excluding hydrogens is 364 g/mol. The molecule has 28 heavy (non-hydrogen) atoms. The lowest BCUT2D eigenvalue weighted by atomic mass is 10.1. The van der Waals surface area contributed by atoms with Gasteiger partial charge in [-0.25, -0.2) is 0 Å². The first-order valence-electron chi connectivity index (χ1n) is 9.09. The normalized spacial score (nSPS) is 25.1. The van der Waals surface area contributed by atoms with Crippen LogP contribution < -0.4 is 9.47 Å². The Kier molecular flexibility index (Phi) is 5.78. The van der Waals surface area contributed by atoms with Crippen molar-refractivity contribution in [3.63, 3.8) is 0 Å². The summed E-state index contributed by atoms with van der Waals surface area (Å²) in [6, 6.07) is 7.02. The lowest BCUT2D eigenvalue weighted by Gasteiger charge is -2.20. The van der Waals surface area contributed by atoms with Gasteiger partial charge in [-0.2, -0.15) is 10.5 Å². The Morgan fingerprint density at radius 3 is 1.54 bits per heavy atom. The zero-order valence-electron chi connectivity index (χ0n) is 16.5. The van der Waals surface area contributed by atoms with Crippen LogP contribution in [0.25, 0.3) is 0 Å². The summed E-state index contributed by atoms with van der Waals surface area (Å²) in [4.78, 5) is 0. The van der Waals surface area contributed by atoms with Gasteiger partial charge in [0.2, 0.25) is 0 Å². The maximum absolute atomic E-state index is 9.29. The predicted molar refractivity (Wildman–Crippen MR) is 96.7 cm³/mol. The van der Waals surface area contributed by atoms with Crippen molar-refractivity contribution in [1.82, 2.24) is 0 Å². The molecule has 2 heterocycles. The van der Waals surface area contributed by atoms with Crippen LogP contribution in [0.2, 0.25) is 0 Å². The fraction of sp³-hybridized carbons (Fsp3) is 0.600. The molecule has 0 amide bonds. The fourth-order valence-corrected chi connectivity index (χ4v) is 3.03. The van der Waals surface area contributed by atoms with Gasteiger partial charge < -0.3 is 28.4 Å². The van der Waals surface area contributed by atoms with Crippen LogP contribution in [0.5, 0.6) is 11.5 Å². The second kappa shape index (κ2) is 7.94. The van der Waals surface area contributed by atoms with Gasteiger partial charge in [-0.3, -0.25) is 0 Å². The Bertz CT molecular complexity index is 741. The van der Waals surface area contributed by atoms with Crippen molar-refractivity contribution in [2.45, 2.75) is 51.5 Å². The molecule has 1 aromatic rings. The lowest BCUT2D eigenvalue weighted by Crippen LogP contribution is -2.26. The zero-order valence-corrected chi connectivity index (χ0v) is 16.5. The van der Waals surface area contributed by atoms with Crippen molar-refractivity contribution in [2.24, 2.45) is 0 Å². The third kappa shape index (κ3) is 4.92. The van der Waals surface area contributed by atoms with Crippen LogP contribution in [0.3, 0.4) is 0 Å².